The van der Waals surface area contributed by atoms with E-state index in [0.29, 0.717) is 16.7 Å². The van der Waals surface area contributed by atoms with E-state index in [1.165, 1.54) is 0 Å². The highest BCUT2D eigenvalue weighted by atomic mass is 35.5. The van der Waals surface area contributed by atoms with Crippen LogP contribution in [0.2, 0.25) is 5.02 Å². The van der Waals surface area contributed by atoms with Gasteiger partial charge in [0.1, 0.15) is 10.7 Å². The van der Waals surface area contributed by atoms with Crippen LogP contribution in [0.25, 0.3) is 5.95 Å². The maximum absolute atomic E-state index is 6.10. The quantitative estimate of drug-likeness (QED) is 0.851. The molecule has 0 unspecified atom stereocenters. The third kappa shape index (κ3) is 2.21. The lowest BCUT2D eigenvalue weighted by molar-refractivity contribution is 0.767. The zero-order chi connectivity index (χ0) is 13.4. The van der Waals surface area contributed by atoms with E-state index in [2.05, 4.69) is 15.1 Å². The molecule has 0 atom stereocenters. The molecule has 2 rings (SSSR count). The highest BCUT2D eigenvalue weighted by molar-refractivity contribution is 7.80. The normalized spacial score (nSPS) is 10.7. The SMILES string of the molecule is Cc1cc(C(N)=S)nc(-n2nc(C)c(Cl)c2C)n1. The van der Waals surface area contributed by atoms with Crippen LogP contribution in [0.3, 0.4) is 0 Å². The summed E-state index contributed by atoms with van der Waals surface area (Å²) in [6, 6.07) is 1.74. The van der Waals surface area contributed by atoms with Gasteiger partial charge in [0.25, 0.3) is 5.95 Å². The second kappa shape index (κ2) is 4.62. The highest BCUT2D eigenvalue weighted by Crippen LogP contribution is 2.21. The van der Waals surface area contributed by atoms with Crippen molar-refractivity contribution in [1.82, 2.24) is 19.7 Å². The van der Waals surface area contributed by atoms with Gasteiger partial charge in [-0.05, 0) is 26.8 Å². The van der Waals surface area contributed by atoms with Crippen molar-refractivity contribution in [3.05, 3.63) is 33.9 Å². The van der Waals surface area contributed by atoms with Crippen LogP contribution in [0.15, 0.2) is 6.07 Å². The predicted octanol–water partition coefficient (Wildman–Crippen LogP) is 1.88. The van der Waals surface area contributed by atoms with Gasteiger partial charge in [-0.3, -0.25) is 0 Å². The molecule has 5 nitrogen and oxygen atoms in total. The Morgan fingerprint density at radius 2 is 2.00 bits per heavy atom. The number of rotatable bonds is 2. The summed E-state index contributed by atoms with van der Waals surface area (Å²) in [5.41, 5.74) is 8.40. The monoisotopic (exact) mass is 281 g/mol. The van der Waals surface area contributed by atoms with Crippen molar-refractivity contribution in [2.75, 3.05) is 0 Å². The lowest BCUT2D eigenvalue weighted by Crippen LogP contribution is -2.15. The molecule has 0 aliphatic rings. The molecular formula is C11H12ClN5S. The summed E-state index contributed by atoms with van der Waals surface area (Å²) in [6.07, 6.45) is 0. The standard InChI is InChI=1S/C11H12ClN5S/c1-5-4-8(10(13)18)15-11(14-5)17-7(3)9(12)6(2)16-17/h4H,1-3H3,(H2,13,18). The van der Waals surface area contributed by atoms with Gasteiger partial charge >= 0.3 is 0 Å². The number of nitrogens with two attached hydrogens (primary N) is 1. The average molecular weight is 282 g/mol. The maximum atomic E-state index is 6.10. The Kier molecular flexibility index (Phi) is 3.32. The molecule has 0 bridgehead atoms. The smallest absolute Gasteiger partial charge is 0.251 e. The van der Waals surface area contributed by atoms with E-state index in [-0.39, 0.29) is 4.99 Å². The summed E-state index contributed by atoms with van der Waals surface area (Å²) in [7, 11) is 0. The zero-order valence-electron chi connectivity index (χ0n) is 10.2. The van der Waals surface area contributed by atoms with Crippen LogP contribution in [-0.2, 0) is 0 Å². The van der Waals surface area contributed by atoms with Gasteiger partial charge in [0, 0.05) is 5.69 Å². The molecule has 0 aromatic carbocycles. The van der Waals surface area contributed by atoms with E-state index >= 15 is 0 Å². The largest absolute Gasteiger partial charge is 0.388 e. The molecule has 18 heavy (non-hydrogen) atoms. The number of hydrogen-bond donors (Lipinski definition) is 1. The second-order valence-electron chi connectivity index (χ2n) is 3.96. The van der Waals surface area contributed by atoms with Crippen LogP contribution < -0.4 is 5.73 Å². The third-order valence-electron chi connectivity index (χ3n) is 2.49. The molecule has 0 radical (unpaired) electrons. The molecule has 0 fully saturated rings. The number of nitrogens with zero attached hydrogens (tertiary/aromatic N) is 4. The first-order valence-electron chi connectivity index (χ1n) is 5.27. The second-order valence-corrected chi connectivity index (χ2v) is 4.77. The number of halogens is 1. The fourth-order valence-electron chi connectivity index (χ4n) is 1.59. The number of aryl methyl sites for hydroxylation is 2. The minimum absolute atomic E-state index is 0.231. The first-order valence-corrected chi connectivity index (χ1v) is 6.06. The Morgan fingerprint density at radius 3 is 2.50 bits per heavy atom. The van der Waals surface area contributed by atoms with E-state index in [0.717, 1.165) is 17.1 Å². The van der Waals surface area contributed by atoms with E-state index < -0.39 is 0 Å². The van der Waals surface area contributed by atoms with Gasteiger partial charge in [0.15, 0.2) is 0 Å². The van der Waals surface area contributed by atoms with E-state index in [9.17, 15) is 0 Å². The molecule has 0 amide bonds. The fourth-order valence-corrected chi connectivity index (χ4v) is 1.81. The molecule has 0 saturated heterocycles. The molecular weight excluding hydrogens is 270 g/mol. The Morgan fingerprint density at radius 1 is 1.33 bits per heavy atom. The van der Waals surface area contributed by atoms with Gasteiger partial charge in [-0.15, -0.1) is 0 Å². The first kappa shape index (κ1) is 12.9. The van der Waals surface area contributed by atoms with Crippen molar-refractivity contribution >= 4 is 28.8 Å². The summed E-state index contributed by atoms with van der Waals surface area (Å²) in [6.45, 7) is 5.53. The minimum atomic E-state index is 0.231. The molecule has 0 saturated carbocycles. The summed E-state index contributed by atoms with van der Waals surface area (Å²) in [5, 5.41) is 4.91. The van der Waals surface area contributed by atoms with Crippen molar-refractivity contribution in [3.8, 4) is 5.95 Å². The topological polar surface area (TPSA) is 69.6 Å². The van der Waals surface area contributed by atoms with Crippen molar-refractivity contribution in [3.63, 3.8) is 0 Å². The van der Waals surface area contributed by atoms with Gasteiger partial charge in [0.2, 0.25) is 0 Å². The van der Waals surface area contributed by atoms with Crippen LogP contribution in [0.5, 0.6) is 0 Å². The first-order chi connectivity index (χ1) is 8.40. The number of thiocarbonyl (C=S) groups is 1. The third-order valence-corrected chi connectivity index (χ3v) is 3.24. The van der Waals surface area contributed by atoms with Crippen molar-refractivity contribution in [2.24, 2.45) is 5.73 Å². The van der Waals surface area contributed by atoms with Crippen molar-refractivity contribution in [2.45, 2.75) is 20.8 Å². The number of aromatic nitrogens is 4. The Bertz CT molecular complexity index is 635. The molecule has 2 aromatic heterocycles. The Hall–Kier alpha value is -1.53. The van der Waals surface area contributed by atoms with Gasteiger partial charge < -0.3 is 5.73 Å². The van der Waals surface area contributed by atoms with Crippen LogP contribution in [0.1, 0.15) is 22.8 Å². The molecule has 2 N–H and O–H groups in total. The van der Waals surface area contributed by atoms with Gasteiger partial charge in [-0.25, -0.2) is 14.6 Å². The molecule has 0 spiro atoms. The molecule has 94 valence electrons. The van der Waals surface area contributed by atoms with Crippen molar-refractivity contribution in [1.29, 1.82) is 0 Å². The zero-order valence-corrected chi connectivity index (χ0v) is 11.8. The number of hydrogen-bond acceptors (Lipinski definition) is 4. The lowest BCUT2D eigenvalue weighted by atomic mass is 10.3. The summed E-state index contributed by atoms with van der Waals surface area (Å²) in [4.78, 5) is 8.83. The molecule has 0 aliphatic heterocycles. The fraction of sp³-hybridized carbons (Fsp3) is 0.273. The van der Waals surface area contributed by atoms with Crippen LogP contribution in [0, 0.1) is 20.8 Å². The highest BCUT2D eigenvalue weighted by Gasteiger charge is 2.14. The summed E-state index contributed by atoms with van der Waals surface area (Å²) >= 11 is 11.0. The van der Waals surface area contributed by atoms with E-state index in [1.807, 2.05) is 20.8 Å². The Labute approximate surface area is 115 Å². The van der Waals surface area contributed by atoms with E-state index in [1.54, 1.807) is 10.7 Å². The van der Waals surface area contributed by atoms with Crippen molar-refractivity contribution < 1.29 is 0 Å². The average Bonchev–Trinajstić information content (AvgIpc) is 2.56. The molecule has 2 heterocycles. The Balaban J connectivity index is 2.63. The van der Waals surface area contributed by atoms with E-state index in [4.69, 9.17) is 29.6 Å². The van der Waals surface area contributed by atoms with Gasteiger partial charge in [-0.2, -0.15) is 5.10 Å². The van der Waals surface area contributed by atoms with Crippen LogP contribution in [0.4, 0.5) is 0 Å². The lowest BCUT2D eigenvalue weighted by Gasteiger charge is -2.06. The maximum Gasteiger partial charge on any atom is 0.251 e. The summed E-state index contributed by atoms with van der Waals surface area (Å²) in [5.74, 6) is 0.422. The van der Waals surface area contributed by atoms with Crippen LogP contribution >= 0.6 is 23.8 Å². The molecule has 7 heteroatoms. The minimum Gasteiger partial charge on any atom is -0.388 e. The van der Waals surface area contributed by atoms with Gasteiger partial charge in [0.05, 0.1) is 16.4 Å². The van der Waals surface area contributed by atoms with Crippen LogP contribution in [-0.4, -0.2) is 24.7 Å². The molecule has 0 aliphatic carbocycles. The molecule has 2 aromatic rings. The predicted molar refractivity (Wildman–Crippen MR) is 74.3 cm³/mol. The van der Waals surface area contributed by atoms with Gasteiger partial charge in [-0.1, -0.05) is 23.8 Å². The summed E-state index contributed by atoms with van der Waals surface area (Å²) < 4.78 is 1.59.